The van der Waals surface area contributed by atoms with Crippen LogP contribution in [0.5, 0.6) is 0 Å². The number of aliphatic hydroxyl groups excluding tert-OH is 1. The number of rotatable bonds is 2. The summed E-state index contributed by atoms with van der Waals surface area (Å²) in [6.45, 7) is 10.7. The summed E-state index contributed by atoms with van der Waals surface area (Å²) in [5, 5.41) is 9.09. The predicted molar refractivity (Wildman–Crippen MR) is 48.7 cm³/mol. The number of nitrogens with zero attached hydrogens (tertiary/aromatic N) is 1. The van der Waals surface area contributed by atoms with Gasteiger partial charge in [-0.1, -0.05) is 0 Å². The van der Waals surface area contributed by atoms with Gasteiger partial charge in [0, 0.05) is 11.1 Å². The lowest BCUT2D eigenvalue weighted by molar-refractivity contribution is 0.0145. The van der Waals surface area contributed by atoms with Crippen molar-refractivity contribution in [2.75, 3.05) is 13.7 Å². The molecule has 0 aromatic heterocycles. The Morgan fingerprint density at radius 2 is 1.45 bits per heavy atom. The van der Waals surface area contributed by atoms with Gasteiger partial charge in [0.2, 0.25) is 0 Å². The van der Waals surface area contributed by atoms with E-state index in [1.165, 1.54) is 0 Å². The molecule has 0 heterocycles. The van der Waals surface area contributed by atoms with Gasteiger partial charge < -0.3 is 5.11 Å². The molecule has 0 aliphatic carbocycles. The van der Waals surface area contributed by atoms with Crippen molar-refractivity contribution in [1.82, 2.24) is 4.90 Å². The van der Waals surface area contributed by atoms with Crippen molar-refractivity contribution in [3.05, 3.63) is 0 Å². The van der Waals surface area contributed by atoms with Gasteiger partial charge in [0.05, 0.1) is 6.61 Å². The largest absolute Gasteiger partial charge is 0.394 e. The van der Waals surface area contributed by atoms with Crippen LogP contribution in [-0.4, -0.2) is 34.7 Å². The topological polar surface area (TPSA) is 23.5 Å². The second-order valence-corrected chi connectivity index (χ2v) is 4.70. The fourth-order valence-corrected chi connectivity index (χ4v) is 1.01. The van der Waals surface area contributed by atoms with E-state index >= 15 is 0 Å². The Morgan fingerprint density at radius 3 is 1.55 bits per heavy atom. The first-order chi connectivity index (χ1) is 4.72. The van der Waals surface area contributed by atoms with Crippen molar-refractivity contribution < 1.29 is 5.11 Å². The zero-order valence-electron chi connectivity index (χ0n) is 8.60. The SMILES string of the molecule is CN(C(C)(C)C)C(C)(C)CO. The first-order valence-corrected chi connectivity index (χ1v) is 4.06. The molecule has 1 N–H and O–H groups in total. The molecule has 0 rings (SSSR count). The molecule has 2 heteroatoms. The molecule has 2 nitrogen and oxygen atoms in total. The maximum Gasteiger partial charge on any atom is 0.0610 e. The summed E-state index contributed by atoms with van der Waals surface area (Å²) in [5.41, 5.74) is -0.00944. The number of likely N-dealkylation sites (N-methyl/N-ethyl adjacent to an activating group) is 1. The molecular weight excluding hydrogens is 138 g/mol. The zero-order chi connectivity index (χ0) is 9.28. The molecule has 0 spiro atoms. The molecule has 0 saturated heterocycles. The average Bonchev–Trinajstić information content (AvgIpc) is 1.84. The van der Waals surface area contributed by atoms with E-state index in [9.17, 15) is 0 Å². The lowest BCUT2D eigenvalue weighted by Gasteiger charge is -2.43. The van der Waals surface area contributed by atoms with Crippen LogP contribution in [0.3, 0.4) is 0 Å². The fourth-order valence-electron chi connectivity index (χ4n) is 1.01. The predicted octanol–water partition coefficient (Wildman–Crippen LogP) is 1.49. The molecule has 0 aromatic carbocycles. The first-order valence-electron chi connectivity index (χ1n) is 4.06. The van der Waals surface area contributed by atoms with E-state index in [4.69, 9.17) is 5.11 Å². The standard InChI is InChI=1S/C9H21NO/c1-8(2,3)10(6)9(4,5)7-11/h11H,7H2,1-6H3. The molecular formula is C9H21NO. The lowest BCUT2D eigenvalue weighted by atomic mass is 9.96. The molecule has 0 radical (unpaired) electrons. The van der Waals surface area contributed by atoms with Gasteiger partial charge in [0.15, 0.2) is 0 Å². The van der Waals surface area contributed by atoms with Crippen molar-refractivity contribution >= 4 is 0 Å². The zero-order valence-corrected chi connectivity index (χ0v) is 8.60. The second-order valence-electron chi connectivity index (χ2n) is 4.70. The van der Waals surface area contributed by atoms with Crippen LogP contribution in [0.15, 0.2) is 0 Å². The summed E-state index contributed by atoms with van der Waals surface area (Å²) in [6.07, 6.45) is 0. The van der Waals surface area contributed by atoms with Crippen LogP contribution in [-0.2, 0) is 0 Å². The smallest absolute Gasteiger partial charge is 0.0610 e. The van der Waals surface area contributed by atoms with E-state index in [-0.39, 0.29) is 17.7 Å². The van der Waals surface area contributed by atoms with Crippen molar-refractivity contribution in [2.45, 2.75) is 45.7 Å². The van der Waals surface area contributed by atoms with E-state index < -0.39 is 0 Å². The fraction of sp³-hybridized carbons (Fsp3) is 1.00. The number of hydrogen-bond donors (Lipinski definition) is 1. The van der Waals surface area contributed by atoms with Crippen molar-refractivity contribution in [1.29, 1.82) is 0 Å². The molecule has 0 bridgehead atoms. The highest BCUT2D eigenvalue weighted by Gasteiger charge is 2.30. The van der Waals surface area contributed by atoms with Crippen molar-refractivity contribution in [3.8, 4) is 0 Å². The Hall–Kier alpha value is -0.0800. The molecule has 0 aliphatic rings. The Labute approximate surface area is 70.2 Å². The van der Waals surface area contributed by atoms with Crippen LogP contribution in [0.2, 0.25) is 0 Å². The summed E-state index contributed by atoms with van der Waals surface area (Å²) in [6, 6.07) is 0. The molecule has 0 amide bonds. The Kier molecular flexibility index (Phi) is 3.09. The first kappa shape index (κ1) is 10.9. The van der Waals surface area contributed by atoms with Crippen LogP contribution < -0.4 is 0 Å². The quantitative estimate of drug-likeness (QED) is 0.660. The van der Waals surface area contributed by atoms with Gasteiger partial charge >= 0.3 is 0 Å². The van der Waals surface area contributed by atoms with Gasteiger partial charge in [-0.2, -0.15) is 0 Å². The van der Waals surface area contributed by atoms with E-state index in [1.54, 1.807) is 0 Å². The molecule has 0 atom stereocenters. The normalized spacial score (nSPS) is 14.2. The van der Waals surface area contributed by atoms with Crippen molar-refractivity contribution in [3.63, 3.8) is 0 Å². The van der Waals surface area contributed by atoms with Crippen LogP contribution in [0.1, 0.15) is 34.6 Å². The third-order valence-corrected chi connectivity index (χ3v) is 2.30. The third kappa shape index (κ3) is 2.80. The van der Waals surface area contributed by atoms with Crippen molar-refractivity contribution in [2.24, 2.45) is 0 Å². The van der Waals surface area contributed by atoms with Crippen LogP contribution >= 0.6 is 0 Å². The van der Waals surface area contributed by atoms with Crippen LogP contribution in [0.4, 0.5) is 0 Å². The van der Waals surface area contributed by atoms with Crippen LogP contribution in [0.25, 0.3) is 0 Å². The Morgan fingerprint density at radius 1 is 1.09 bits per heavy atom. The second kappa shape index (κ2) is 3.11. The molecule has 0 unspecified atom stereocenters. The molecule has 68 valence electrons. The van der Waals surface area contributed by atoms with Gasteiger partial charge in [-0.15, -0.1) is 0 Å². The van der Waals surface area contributed by atoms with Gasteiger partial charge in [-0.05, 0) is 41.7 Å². The number of aliphatic hydroxyl groups is 1. The summed E-state index contributed by atoms with van der Waals surface area (Å²) in [4.78, 5) is 2.18. The lowest BCUT2D eigenvalue weighted by Crippen LogP contribution is -2.53. The average molecular weight is 159 g/mol. The maximum atomic E-state index is 9.09. The summed E-state index contributed by atoms with van der Waals surface area (Å²) >= 11 is 0. The molecule has 0 fully saturated rings. The van der Waals surface area contributed by atoms with Gasteiger partial charge in [0.25, 0.3) is 0 Å². The van der Waals surface area contributed by atoms with E-state index in [2.05, 4.69) is 25.7 Å². The Bertz CT molecular complexity index is 124. The Balaban J connectivity index is 4.35. The molecule has 0 saturated carbocycles. The monoisotopic (exact) mass is 159 g/mol. The minimum Gasteiger partial charge on any atom is -0.394 e. The molecule has 0 aliphatic heterocycles. The molecule has 11 heavy (non-hydrogen) atoms. The van der Waals surface area contributed by atoms with E-state index in [1.807, 2.05) is 20.9 Å². The number of hydrogen-bond acceptors (Lipinski definition) is 2. The highest BCUT2D eigenvalue weighted by Crippen LogP contribution is 2.21. The highest BCUT2D eigenvalue weighted by molar-refractivity contribution is 4.86. The summed E-state index contributed by atoms with van der Waals surface area (Å²) in [5.74, 6) is 0. The summed E-state index contributed by atoms with van der Waals surface area (Å²) < 4.78 is 0. The highest BCUT2D eigenvalue weighted by atomic mass is 16.3. The van der Waals surface area contributed by atoms with E-state index in [0.29, 0.717) is 0 Å². The maximum absolute atomic E-state index is 9.09. The van der Waals surface area contributed by atoms with Gasteiger partial charge in [-0.3, -0.25) is 4.90 Å². The van der Waals surface area contributed by atoms with Gasteiger partial charge in [0.1, 0.15) is 0 Å². The minimum absolute atomic E-state index is 0.117. The van der Waals surface area contributed by atoms with Crippen LogP contribution in [0, 0.1) is 0 Å². The molecule has 0 aromatic rings. The summed E-state index contributed by atoms with van der Waals surface area (Å²) in [7, 11) is 2.04. The minimum atomic E-state index is -0.127. The van der Waals surface area contributed by atoms with E-state index in [0.717, 1.165) is 0 Å². The third-order valence-electron chi connectivity index (χ3n) is 2.30. The van der Waals surface area contributed by atoms with Gasteiger partial charge in [-0.25, -0.2) is 0 Å².